The number of aryl methyl sites for hydroxylation is 2. The number of pyridine rings is 1. The van der Waals surface area contributed by atoms with Gasteiger partial charge >= 0.3 is 0 Å². The maximum absolute atomic E-state index is 13.1. The number of amides is 1. The van der Waals surface area contributed by atoms with Gasteiger partial charge in [0.1, 0.15) is 11.8 Å². The smallest absolute Gasteiger partial charge is 0.249 e. The molecule has 1 heterocycles. The summed E-state index contributed by atoms with van der Waals surface area (Å²) in [6.07, 6.45) is 1.64. The molecule has 0 fully saturated rings. The molecule has 0 aliphatic carbocycles. The molecule has 6 nitrogen and oxygen atoms in total. The Morgan fingerprint density at radius 3 is 2.55 bits per heavy atom. The molecule has 1 unspecified atom stereocenters. The third-order valence-electron chi connectivity index (χ3n) is 5.06. The summed E-state index contributed by atoms with van der Waals surface area (Å²) in [4.78, 5) is 17.3. The van der Waals surface area contributed by atoms with Crippen LogP contribution in [0.25, 0.3) is 5.70 Å². The van der Waals surface area contributed by atoms with Crippen molar-refractivity contribution < 1.29 is 14.3 Å². The minimum atomic E-state index is -0.644. The average molecular weight is 446 g/mol. The van der Waals surface area contributed by atoms with Crippen LogP contribution in [0.2, 0.25) is 0 Å². The summed E-state index contributed by atoms with van der Waals surface area (Å²) in [6.45, 7) is 11.2. The van der Waals surface area contributed by atoms with Crippen LogP contribution in [0.5, 0.6) is 5.75 Å². The van der Waals surface area contributed by atoms with E-state index in [0.29, 0.717) is 24.6 Å². The molecule has 6 heteroatoms. The Morgan fingerprint density at radius 1 is 1.09 bits per heavy atom. The van der Waals surface area contributed by atoms with Gasteiger partial charge in [0.05, 0.1) is 31.7 Å². The van der Waals surface area contributed by atoms with E-state index in [4.69, 9.17) is 9.47 Å². The Hall–Kier alpha value is -3.64. The molecule has 0 spiro atoms. The van der Waals surface area contributed by atoms with E-state index >= 15 is 0 Å². The fourth-order valence-electron chi connectivity index (χ4n) is 3.27. The molecule has 172 valence electrons. The Kier molecular flexibility index (Phi) is 8.61. The molecule has 0 aliphatic heterocycles. The van der Waals surface area contributed by atoms with E-state index in [1.807, 2.05) is 81.4 Å². The maximum atomic E-state index is 13.1. The lowest BCUT2D eigenvalue weighted by molar-refractivity contribution is -0.119. The van der Waals surface area contributed by atoms with Gasteiger partial charge < -0.3 is 20.1 Å². The van der Waals surface area contributed by atoms with Crippen molar-refractivity contribution in [2.45, 2.75) is 33.4 Å². The number of nitrogens with one attached hydrogen (secondary N) is 2. The van der Waals surface area contributed by atoms with Crippen LogP contribution in [0, 0.1) is 13.8 Å². The summed E-state index contributed by atoms with van der Waals surface area (Å²) in [5.74, 6) is 0.610. The normalized spacial score (nSPS) is 11.5. The maximum Gasteiger partial charge on any atom is 0.249 e. The number of hydrogen-bond acceptors (Lipinski definition) is 5. The fourth-order valence-corrected chi connectivity index (χ4v) is 3.27. The third-order valence-corrected chi connectivity index (χ3v) is 5.06. The van der Waals surface area contributed by atoms with E-state index in [2.05, 4.69) is 22.2 Å². The van der Waals surface area contributed by atoms with Crippen LogP contribution >= 0.6 is 0 Å². The van der Waals surface area contributed by atoms with Crippen LogP contribution in [0.3, 0.4) is 0 Å². The number of ether oxygens (including phenoxy) is 2. The summed E-state index contributed by atoms with van der Waals surface area (Å²) in [7, 11) is 0. The number of carbonyl (C=O) groups is 1. The molecule has 0 saturated carbocycles. The zero-order chi connectivity index (χ0) is 23.6. The lowest BCUT2D eigenvalue weighted by Gasteiger charge is -2.21. The number of nitrogens with zero attached hydrogens (tertiary/aromatic N) is 1. The summed E-state index contributed by atoms with van der Waals surface area (Å²) in [6, 6.07) is 18.7. The first-order valence-corrected chi connectivity index (χ1v) is 11.0. The van der Waals surface area contributed by atoms with E-state index in [0.717, 1.165) is 28.1 Å². The van der Waals surface area contributed by atoms with Crippen molar-refractivity contribution in [3.8, 4) is 5.75 Å². The van der Waals surface area contributed by atoms with Gasteiger partial charge in [-0.3, -0.25) is 9.78 Å². The molecular formula is C27H31N3O3. The predicted molar refractivity (Wildman–Crippen MR) is 132 cm³/mol. The summed E-state index contributed by atoms with van der Waals surface area (Å²) in [5, 5.41) is 6.14. The number of rotatable bonds is 11. The van der Waals surface area contributed by atoms with Crippen LogP contribution in [-0.4, -0.2) is 30.1 Å². The Bertz CT molecular complexity index is 1070. The van der Waals surface area contributed by atoms with E-state index in [1.54, 1.807) is 6.20 Å². The van der Waals surface area contributed by atoms with Crippen molar-refractivity contribution in [1.82, 2.24) is 10.3 Å². The van der Waals surface area contributed by atoms with Crippen molar-refractivity contribution in [2.75, 3.05) is 18.5 Å². The fraction of sp³-hybridized carbons (Fsp3) is 0.259. The van der Waals surface area contributed by atoms with Crippen molar-refractivity contribution in [2.24, 2.45) is 0 Å². The highest BCUT2D eigenvalue weighted by molar-refractivity contribution is 5.95. The number of hydrogen-bond donors (Lipinski definition) is 2. The molecule has 1 amide bonds. The van der Waals surface area contributed by atoms with Crippen molar-refractivity contribution >= 4 is 17.3 Å². The Labute approximate surface area is 195 Å². The first-order chi connectivity index (χ1) is 16.0. The summed E-state index contributed by atoms with van der Waals surface area (Å²) < 4.78 is 11.5. The van der Waals surface area contributed by atoms with Gasteiger partial charge in [-0.25, -0.2) is 0 Å². The standard InChI is InChI=1S/C27H31N3O3/c1-5-33-26-14-12-23(15-19(26)2)21(4)29-25(18-32-17-22-9-7-6-8-10-22)27(31)30-24-13-11-20(3)28-16-24/h6-16,25,29H,4-5,17-18H2,1-3H3,(H,30,31). The molecule has 0 bridgehead atoms. The minimum absolute atomic E-state index is 0.176. The zero-order valence-electron chi connectivity index (χ0n) is 19.4. The molecule has 3 aromatic rings. The van der Waals surface area contributed by atoms with Crippen LogP contribution in [0.1, 0.15) is 29.3 Å². The topological polar surface area (TPSA) is 72.5 Å². The van der Waals surface area contributed by atoms with Crippen molar-refractivity contribution in [3.63, 3.8) is 0 Å². The molecule has 2 aromatic carbocycles. The largest absolute Gasteiger partial charge is 0.494 e. The van der Waals surface area contributed by atoms with Crippen LogP contribution in [0.15, 0.2) is 73.4 Å². The SMILES string of the molecule is C=C(NC(COCc1ccccc1)C(=O)Nc1ccc(C)nc1)c1ccc(OCC)c(C)c1. The average Bonchev–Trinajstić information content (AvgIpc) is 2.82. The van der Waals surface area contributed by atoms with Crippen molar-refractivity contribution in [3.05, 3.63) is 95.8 Å². The monoisotopic (exact) mass is 445 g/mol. The quantitative estimate of drug-likeness (QED) is 0.440. The number of carbonyl (C=O) groups excluding carboxylic acids is 1. The van der Waals surface area contributed by atoms with Crippen LogP contribution < -0.4 is 15.4 Å². The Morgan fingerprint density at radius 2 is 1.88 bits per heavy atom. The molecule has 0 aliphatic rings. The van der Waals surface area contributed by atoms with Gasteiger partial charge in [-0.15, -0.1) is 0 Å². The second-order valence-electron chi connectivity index (χ2n) is 7.77. The summed E-state index contributed by atoms with van der Waals surface area (Å²) in [5.41, 5.74) is 5.07. The van der Waals surface area contributed by atoms with Gasteiger partial charge in [0, 0.05) is 11.4 Å². The van der Waals surface area contributed by atoms with Gasteiger partial charge in [0.25, 0.3) is 0 Å². The van der Waals surface area contributed by atoms with Gasteiger partial charge in [0.2, 0.25) is 5.91 Å². The van der Waals surface area contributed by atoms with Gasteiger partial charge in [0.15, 0.2) is 0 Å². The van der Waals surface area contributed by atoms with E-state index in [1.165, 1.54) is 0 Å². The Balaban J connectivity index is 1.70. The van der Waals surface area contributed by atoms with Gasteiger partial charge in [-0.2, -0.15) is 0 Å². The molecular weight excluding hydrogens is 414 g/mol. The molecule has 1 atom stereocenters. The lowest BCUT2D eigenvalue weighted by Crippen LogP contribution is -2.43. The zero-order valence-corrected chi connectivity index (χ0v) is 19.4. The first-order valence-electron chi connectivity index (χ1n) is 11.0. The lowest BCUT2D eigenvalue weighted by atomic mass is 10.1. The van der Waals surface area contributed by atoms with Gasteiger partial charge in [-0.1, -0.05) is 36.9 Å². The van der Waals surface area contributed by atoms with Crippen molar-refractivity contribution in [1.29, 1.82) is 0 Å². The second kappa shape index (κ2) is 11.8. The highest BCUT2D eigenvalue weighted by Gasteiger charge is 2.20. The van der Waals surface area contributed by atoms with Gasteiger partial charge in [-0.05, 0) is 67.8 Å². The molecule has 0 radical (unpaired) electrons. The van der Waals surface area contributed by atoms with Crippen LogP contribution in [0.4, 0.5) is 5.69 Å². The predicted octanol–water partition coefficient (Wildman–Crippen LogP) is 4.88. The third kappa shape index (κ3) is 7.19. The molecule has 1 aromatic heterocycles. The highest BCUT2D eigenvalue weighted by atomic mass is 16.5. The molecule has 3 rings (SSSR count). The van der Waals surface area contributed by atoms with E-state index < -0.39 is 6.04 Å². The minimum Gasteiger partial charge on any atom is -0.494 e. The highest BCUT2D eigenvalue weighted by Crippen LogP contribution is 2.22. The molecule has 0 saturated heterocycles. The summed E-state index contributed by atoms with van der Waals surface area (Å²) >= 11 is 0. The molecule has 33 heavy (non-hydrogen) atoms. The van der Waals surface area contributed by atoms with Crippen LogP contribution in [-0.2, 0) is 16.1 Å². The van der Waals surface area contributed by atoms with E-state index in [9.17, 15) is 4.79 Å². The number of aromatic nitrogens is 1. The second-order valence-corrected chi connectivity index (χ2v) is 7.77. The first kappa shape index (κ1) is 24.0. The number of anilines is 1. The number of benzene rings is 2. The van der Waals surface area contributed by atoms with E-state index in [-0.39, 0.29) is 12.5 Å². The molecule has 2 N–H and O–H groups in total.